The zero-order valence-corrected chi connectivity index (χ0v) is 19.0. The van der Waals surface area contributed by atoms with E-state index in [1.165, 1.54) is 5.56 Å². The number of nitrogens with one attached hydrogen (secondary N) is 1. The van der Waals surface area contributed by atoms with E-state index in [4.69, 9.17) is 0 Å². The van der Waals surface area contributed by atoms with Crippen molar-refractivity contribution in [3.63, 3.8) is 0 Å². The standard InChI is InChI=1S/C27H36N2O3/c1-20-6-5-7-21(18-20)26(32)28-19-27(22-8-3-2-4-9-22)14-10-24(25(31)11-15-27)29-16-12-23(30)13-17-29/h2-9,18,23-25,30-31H,10-17,19H2,1H3,(H,28,32)/t24-,25-,27-/m0/s1. The lowest BCUT2D eigenvalue weighted by Crippen LogP contribution is -2.48. The van der Waals surface area contributed by atoms with Crippen molar-refractivity contribution in [3.8, 4) is 0 Å². The fraction of sp³-hybridized carbons (Fsp3) is 0.519. The second kappa shape index (κ2) is 10.2. The van der Waals surface area contributed by atoms with Gasteiger partial charge in [0.2, 0.25) is 0 Å². The van der Waals surface area contributed by atoms with E-state index in [0.717, 1.165) is 50.8 Å². The molecule has 0 radical (unpaired) electrons. The average Bonchev–Trinajstić information content (AvgIpc) is 2.98. The Balaban J connectivity index is 1.52. The van der Waals surface area contributed by atoms with Gasteiger partial charge in [0.1, 0.15) is 0 Å². The third kappa shape index (κ3) is 5.22. The van der Waals surface area contributed by atoms with Gasteiger partial charge >= 0.3 is 0 Å². The van der Waals surface area contributed by atoms with Gasteiger partial charge in [0.05, 0.1) is 12.2 Å². The predicted molar refractivity (Wildman–Crippen MR) is 127 cm³/mol. The summed E-state index contributed by atoms with van der Waals surface area (Å²) in [5.41, 5.74) is 2.78. The van der Waals surface area contributed by atoms with Gasteiger partial charge in [-0.1, -0.05) is 48.0 Å². The molecule has 0 aromatic heterocycles. The number of likely N-dealkylation sites (tertiary alicyclic amines) is 1. The van der Waals surface area contributed by atoms with Crippen molar-refractivity contribution in [1.29, 1.82) is 0 Å². The maximum absolute atomic E-state index is 12.9. The van der Waals surface area contributed by atoms with Crippen molar-refractivity contribution in [2.45, 2.75) is 69.1 Å². The van der Waals surface area contributed by atoms with Gasteiger partial charge in [-0.05, 0) is 63.1 Å². The molecule has 1 amide bonds. The average molecular weight is 437 g/mol. The van der Waals surface area contributed by atoms with Crippen molar-refractivity contribution >= 4 is 5.91 Å². The number of nitrogens with zero attached hydrogens (tertiary/aromatic N) is 1. The molecule has 1 aliphatic heterocycles. The Hall–Kier alpha value is -2.21. The van der Waals surface area contributed by atoms with E-state index >= 15 is 0 Å². The molecule has 1 saturated carbocycles. The van der Waals surface area contributed by atoms with E-state index in [0.29, 0.717) is 18.5 Å². The van der Waals surface area contributed by atoms with E-state index in [1.54, 1.807) is 0 Å². The summed E-state index contributed by atoms with van der Waals surface area (Å²) >= 11 is 0. The Morgan fingerprint density at radius 2 is 1.72 bits per heavy atom. The van der Waals surface area contributed by atoms with Crippen LogP contribution < -0.4 is 5.32 Å². The van der Waals surface area contributed by atoms with Crippen molar-refractivity contribution in [1.82, 2.24) is 10.2 Å². The Morgan fingerprint density at radius 1 is 1.00 bits per heavy atom. The highest BCUT2D eigenvalue weighted by Gasteiger charge is 2.40. The number of hydrogen-bond acceptors (Lipinski definition) is 4. The second-order valence-corrected chi connectivity index (χ2v) is 9.68. The molecule has 32 heavy (non-hydrogen) atoms. The lowest BCUT2D eigenvalue weighted by Gasteiger charge is -2.38. The number of aliphatic hydroxyl groups is 2. The third-order valence-electron chi connectivity index (χ3n) is 7.50. The summed E-state index contributed by atoms with van der Waals surface area (Å²) in [6.07, 6.45) is 4.29. The monoisotopic (exact) mass is 436 g/mol. The van der Waals surface area contributed by atoms with Gasteiger partial charge in [-0.2, -0.15) is 0 Å². The molecular weight excluding hydrogens is 400 g/mol. The molecule has 2 aromatic rings. The molecule has 0 unspecified atom stereocenters. The lowest BCUT2D eigenvalue weighted by molar-refractivity contribution is 0.00482. The Labute approximate surface area is 191 Å². The molecule has 5 heteroatoms. The van der Waals surface area contributed by atoms with Crippen LogP contribution in [0.2, 0.25) is 0 Å². The number of piperidine rings is 1. The van der Waals surface area contributed by atoms with E-state index in [-0.39, 0.29) is 29.6 Å². The molecule has 1 aliphatic carbocycles. The van der Waals surface area contributed by atoms with Crippen LogP contribution >= 0.6 is 0 Å². The summed E-state index contributed by atoms with van der Waals surface area (Å²) in [6, 6.07) is 18.3. The molecule has 2 fully saturated rings. The summed E-state index contributed by atoms with van der Waals surface area (Å²) in [7, 11) is 0. The number of aliphatic hydroxyl groups excluding tert-OH is 2. The molecule has 1 saturated heterocycles. The van der Waals surface area contributed by atoms with Crippen molar-refractivity contribution in [2.75, 3.05) is 19.6 Å². The van der Waals surface area contributed by atoms with Gasteiger partial charge in [0.15, 0.2) is 0 Å². The van der Waals surface area contributed by atoms with Crippen molar-refractivity contribution in [3.05, 3.63) is 71.3 Å². The Morgan fingerprint density at radius 3 is 2.44 bits per heavy atom. The summed E-state index contributed by atoms with van der Waals surface area (Å²) in [5, 5.41) is 24.1. The first-order valence-corrected chi connectivity index (χ1v) is 12.0. The van der Waals surface area contributed by atoms with Crippen LogP contribution in [-0.4, -0.2) is 58.9 Å². The fourth-order valence-electron chi connectivity index (χ4n) is 5.50. The highest BCUT2D eigenvalue weighted by atomic mass is 16.3. The Bertz CT molecular complexity index is 895. The number of hydrogen-bond donors (Lipinski definition) is 3. The van der Waals surface area contributed by atoms with E-state index < -0.39 is 0 Å². The van der Waals surface area contributed by atoms with Gasteiger partial charge in [0, 0.05) is 36.7 Å². The highest BCUT2D eigenvalue weighted by molar-refractivity contribution is 5.94. The molecular formula is C27H36N2O3. The SMILES string of the molecule is Cc1cccc(C(=O)NC[C@@]2(c3ccccc3)CC[C@H](O)[C@@H](N3CCC(O)CC3)CC2)c1. The highest BCUT2D eigenvalue weighted by Crippen LogP contribution is 2.39. The topological polar surface area (TPSA) is 72.8 Å². The van der Waals surface area contributed by atoms with Crippen molar-refractivity contribution < 1.29 is 15.0 Å². The van der Waals surface area contributed by atoms with Crippen LogP contribution in [0.5, 0.6) is 0 Å². The number of carbonyl (C=O) groups is 1. The molecule has 172 valence electrons. The van der Waals surface area contributed by atoms with Gasteiger partial charge in [-0.15, -0.1) is 0 Å². The second-order valence-electron chi connectivity index (χ2n) is 9.68. The maximum atomic E-state index is 12.9. The molecule has 0 spiro atoms. The Kier molecular flexibility index (Phi) is 7.29. The first-order valence-electron chi connectivity index (χ1n) is 12.0. The van der Waals surface area contributed by atoms with Gasteiger partial charge in [-0.25, -0.2) is 0 Å². The number of rotatable bonds is 5. The predicted octanol–water partition coefficient (Wildman–Crippen LogP) is 3.42. The third-order valence-corrected chi connectivity index (χ3v) is 7.50. The molecule has 2 aliphatic rings. The van der Waals surface area contributed by atoms with Gasteiger partial charge in [0.25, 0.3) is 5.91 Å². The zero-order valence-electron chi connectivity index (χ0n) is 19.0. The number of carbonyl (C=O) groups excluding carboxylic acids is 1. The summed E-state index contributed by atoms with van der Waals surface area (Å²) in [4.78, 5) is 15.3. The lowest BCUT2D eigenvalue weighted by atomic mass is 9.74. The van der Waals surface area contributed by atoms with Gasteiger partial charge < -0.3 is 15.5 Å². The molecule has 3 N–H and O–H groups in total. The smallest absolute Gasteiger partial charge is 0.251 e. The van der Waals surface area contributed by atoms with E-state index in [1.807, 2.05) is 37.3 Å². The number of benzene rings is 2. The molecule has 3 atom stereocenters. The van der Waals surface area contributed by atoms with Crippen LogP contribution in [-0.2, 0) is 5.41 Å². The minimum atomic E-state index is -0.386. The van der Waals surface area contributed by atoms with Crippen LogP contribution in [0.25, 0.3) is 0 Å². The van der Waals surface area contributed by atoms with Crippen LogP contribution in [0.1, 0.15) is 60.0 Å². The minimum absolute atomic E-state index is 0.0460. The van der Waals surface area contributed by atoms with Crippen LogP contribution in [0.15, 0.2) is 54.6 Å². The first kappa shape index (κ1) is 23.0. The fourth-order valence-corrected chi connectivity index (χ4v) is 5.50. The minimum Gasteiger partial charge on any atom is -0.393 e. The molecule has 5 nitrogen and oxygen atoms in total. The van der Waals surface area contributed by atoms with E-state index in [9.17, 15) is 15.0 Å². The van der Waals surface area contributed by atoms with Crippen LogP contribution in [0, 0.1) is 6.92 Å². The van der Waals surface area contributed by atoms with E-state index in [2.05, 4.69) is 34.5 Å². The summed E-state index contributed by atoms with van der Waals surface area (Å²) in [5.74, 6) is -0.0460. The van der Waals surface area contributed by atoms with Crippen LogP contribution in [0.3, 0.4) is 0 Å². The van der Waals surface area contributed by atoms with Gasteiger partial charge in [-0.3, -0.25) is 9.69 Å². The van der Waals surface area contributed by atoms with Crippen molar-refractivity contribution in [2.24, 2.45) is 0 Å². The number of amides is 1. The number of aryl methyl sites for hydroxylation is 1. The molecule has 0 bridgehead atoms. The summed E-state index contributed by atoms with van der Waals surface area (Å²) in [6.45, 7) is 4.23. The zero-order chi connectivity index (χ0) is 22.6. The molecule has 2 aromatic carbocycles. The summed E-state index contributed by atoms with van der Waals surface area (Å²) < 4.78 is 0. The quantitative estimate of drug-likeness (QED) is 0.628. The first-order chi connectivity index (χ1) is 15.5. The maximum Gasteiger partial charge on any atom is 0.251 e. The van der Waals surface area contributed by atoms with Crippen LogP contribution in [0.4, 0.5) is 0 Å². The molecule has 1 heterocycles. The largest absolute Gasteiger partial charge is 0.393 e. The molecule has 4 rings (SSSR count). The normalized spacial score (nSPS) is 27.6.